The van der Waals surface area contributed by atoms with Gasteiger partial charge in [0.2, 0.25) is 0 Å². The predicted octanol–water partition coefficient (Wildman–Crippen LogP) is 4.17. The quantitative estimate of drug-likeness (QED) is 0.661. The first kappa shape index (κ1) is 14.8. The molecule has 1 amide bonds. The molecule has 1 N–H and O–H groups in total. The molecular formula is C17H24N2OS. The molecular weight excluding hydrogens is 280 g/mol. The number of carbonyl (C=O) groups excluding carboxylic acids is 1. The summed E-state index contributed by atoms with van der Waals surface area (Å²) in [5.74, 6) is 1.25. The van der Waals surface area contributed by atoms with Crippen molar-refractivity contribution in [3.05, 3.63) is 21.4 Å². The van der Waals surface area contributed by atoms with Gasteiger partial charge >= 0.3 is 0 Å². The molecule has 1 atom stereocenters. The van der Waals surface area contributed by atoms with Crippen molar-refractivity contribution in [3.63, 3.8) is 0 Å². The summed E-state index contributed by atoms with van der Waals surface area (Å²) in [6, 6.07) is 2.07. The van der Waals surface area contributed by atoms with Gasteiger partial charge in [0, 0.05) is 11.1 Å². The molecule has 114 valence electrons. The van der Waals surface area contributed by atoms with Crippen molar-refractivity contribution in [2.45, 2.75) is 58.3 Å². The maximum absolute atomic E-state index is 12.2. The van der Waals surface area contributed by atoms with Crippen LogP contribution in [0.4, 0.5) is 0 Å². The second-order valence-electron chi connectivity index (χ2n) is 6.52. The van der Waals surface area contributed by atoms with Gasteiger partial charge in [-0.05, 0) is 55.6 Å². The number of aryl methyl sites for hydroxylation is 1. The molecule has 0 unspecified atom stereocenters. The van der Waals surface area contributed by atoms with Gasteiger partial charge in [-0.15, -0.1) is 11.3 Å². The highest BCUT2D eigenvalue weighted by Crippen LogP contribution is 2.32. The summed E-state index contributed by atoms with van der Waals surface area (Å²) >= 11 is 1.65. The Morgan fingerprint density at radius 3 is 2.95 bits per heavy atom. The van der Waals surface area contributed by atoms with Crippen LogP contribution in [0.2, 0.25) is 0 Å². The van der Waals surface area contributed by atoms with Gasteiger partial charge in [0.1, 0.15) is 0 Å². The summed E-state index contributed by atoms with van der Waals surface area (Å²) in [5.41, 5.74) is 4.08. The molecule has 0 radical (unpaired) electrons. The first-order valence-electron chi connectivity index (χ1n) is 8.17. The molecule has 1 aromatic heterocycles. The Kier molecular flexibility index (Phi) is 4.73. The van der Waals surface area contributed by atoms with Crippen molar-refractivity contribution in [1.82, 2.24) is 5.43 Å². The molecule has 0 bridgehead atoms. The van der Waals surface area contributed by atoms with Gasteiger partial charge in [0.25, 0.3) is 5.91 Å². The zero-order valence-corrected chi connectivity index (χ0v) is 13.5. The number of hydrogen-bond acceptors (Lipinski definition) is 3. The topological polar surface area (TPSA) is 41.5 Å². The van der Waals surface area contributed by atoms with E-state index in [1.54, 1.807) is 11.3 Å². The first-order valence-corrected chi connectivity index (χ1v) is 8.99. The van der Waals surface area contributed by atoms with Crippen LogP contribution in [0.1, 0.15) is 65.6 Å². The first-order chi connectivity index (χ1) is 10.2. The van der Waals surface area contributed by atoms with E-state index in [-0.39, 0.29) is 5.91 Å². The molecule has 0 saturated heterocycles. The second-order valence-corrected chi connectivity index (χ2v) is 7.66. The number of nitrogens with one attached hydrogen (secondary N) is 1. The number of fused-ring (bicyclic) bond motifs is 1. The number of nitrogens with zero attached hydrogens (tertiary/aromatic N) is 1. The summed E-state index contributed by atoms with van der Waals surface area (Å²) in [5, 5.41) is 4.17. The lowest BCUT2D eigenvalue weighted by molar-refractivity contribution is 0.0959. The minimum atomic E-state index is -0.0471. The van der Waals surface area contributed by atoms with Crippen molar-refractivity contribution in [2.24, 2.45) is 16.9 Å². The largest absolute Gasteiger partial charge is 0.281 e. The highest BCUT2D eigenvalue weighted by molar-refractivity contribution is 7.14. The molecule has 1 heterocycles. The Hall–Kier alpha value is -1.16. The van der Waals surface area contributed by atoms with Gasteiger partial charge in [0.15, 0.2) is 0 Å². The van der Waals surface area contributed by atoms with Crippen LogP contribution in [-0.2, 0) is 12.8 Å². The zero-order valence-electron chi connectivity index (χ0n) is 12.7. The third-order valence-corrected chi connectivity index (χ3v) is 5.89. The van der Waals surface area contributed by atoms with Crippen LogP contribution in [0.15, 0.2) is 11.2 Å². The van der Waals surface area contributed by atoms with Crippen LogP contribution in [-0.4, -0.2) is 12.1 Å². The van der Waals surface area contributed by atoms with E-state index in [1.807, 2.05) is 6.21 Å². The van der Waals surface area contributed by atoms with Crippen LogP contribution in [0.25, 0.3) is 0 Å². The van der Waals surface area contributed by atoms with Gasteiger partial charge in [0.05, 0.1) is 4.88 Å². The molecule has 4 heteroatoms. The number of rotatable bonds is 3. The van der Waals surface area contributed by atoms with E-state index in [4.69, 9.17) is 0 Å². The van der Waals surface area contributed by atoms with Crippen molar-refractivity contribution in [3.8, 4) is 0 Å². The summed E-state index contributed by atoms with van der Waals surface area (Å²) in [4.78, 5) is 14.4. The number of thiophene rings is 1. The van der Waals surface area contributed by atoms with E-state index in [0.717, 1.165) is 23.6 Å². The summed E-state index contributed by atoms with van der Waals surface area (Å²) in [6.07, 6.45) is 11.8. The smallest absolute Gasteiger partial charge is 0.266 e. The zero-order chi connectivity index (χ0) is 14.7. The fourth-order valence-electron chi connectivity index (χ4n) is 3.36. The highest BCUT2D eigenvalue weighted by atomic mass is 32.1. The van der Waals surface area contributed by atoms with E-state index in [0.29, 0.717) is 5.92 Å². The van der Waals surface area contributed by atoms with E-state index < -0.39 is 0 Å². The van der Waals surface area contributed by atoms with Crippen LogP contribution >= 0.6 is 11.3 Å². The van der Waals surface area contributed by atoms with Crippen LogP contribution in [0, 0.1) is 11.8 Å². The van der Waals surface area contributed by atoms with E-state index in [9.17, 15) is 4.79 Å². The molecule has 3 nitrogen and oxygen atoms in total. The van der Waals surface area contributed by atoms with Crippen molar-refractivity contribution < 1.29 is 4.79 Å². The second kappa shape index (κ2) is 6.73. The van der Waals surface area contributed by atoms with Crippen molar-refractivity contribution >= 4 is 23.5 Å². The Bertz CT molecular complexity index is 529. The van der Waals surface area contributed by atoms with E-state index >= 15 is 0 Å². The number of hydrogen-bond donors (Lipinski definition) is 1. The summed E-state index contributed by atoms with van der Waals surface area (Å²) in [7, 11) is 0. The molecule has 1 saturated carbocycles. The molecule has 21 heavy (non-hydrogen) atoms. The molecule has 0 aliphatic heterocycles. The van der Waals surface area contributed by atoms with Gasteiger partial charge in [-0.3, -0.25) is 4.79 Å². The molecule has 2 aliphatic carbocycles. The average molecular weight is 304 g/mol. The predicted molar refractivity (Wildman–Crippen MR) is 88.0 cm³/mol. The summed E-state index contributed by atoms with van der Waals surface area (Å²) < 4.78 is 0. The monoisotopic (exact) mass is 304 g/mol. The fourth-order valence-corrected chi connectivity index (χ4v) is 4.46. The molecule has 0 spiro atoms. The lowest BCUT2D eigenvalue weighted by atomic mass is 9.90. The Morgan fingerprint density at radius 2 is 2.14 bits per heavy atom. The fraction of sp³-hybridized carbons (Fsp3) is 0.647. The van der Waals surface area contributed by atoms with E-state index in [1.165, 1.54) is 49.0 Å². The molecule has 2 aliphatic rings. The van der Waals surface area contributed by atoms with E-state index in [2.05, 4.69) is 23.5 Å². The molecule has 0 aromatic carbocycles. The van der Waals surface area contributed by atoms with Crippen molar-refractivity contribution in [1.29, 1.82) is 0 Å². The standard InChI is InChI=1S/C17H24N2OS/c1-12-7-8-15-14(9-12)10-16(21-15)17(20)19-18-11-13-5-3-2-4-6-13/h10-13H,2-9H2,1H3,(H,19,20)/t12-/m1/s1. The Labute approximate surface area is 130 Å². The summed E-state index contributed by atoms with van der Waals surface area (Å²) in [6.45, 7) is 2.29. The Balaban J connectivity index is 1.57. The molecule has 1 fully saturated rings. The van der Waals surface area contributed by atoms with Crippen LogP contribution < -0.4 is 5.43 Å². The Morgan fingerprint density at radius 1 is 1.33 bits per heavy atom. The number of amides is 1. The molecule has 3 rings (SSSR count). The van der Waals surface area contributed by atoms with Gasteiger partial charge in [-0.25, -0.2) is 5.43 Å². The normalized spacial score (nSPS) is 23.2. The van der Waals surface area contributed by atoms with Crippen molar-refractivity contribution in [2.75, 3.05) is 0 Å². The maximum Gasteiger partial charge on any atom is 0.281 e. The van der Waals surface area contributed by atoms with Gasteiger partial charge in [-0.2, -0.15) is 5.10 Å². The van der Waals surface area contributed by atoms with Crippen LogP contribution in [0.5, 0.6) is 0 Å². The third-order valence-electron chi connectivity index (χ3n) is 4.65. The maximum atomic E-state index is 12.2. The molecule has 1 aromatic rings. The van der Waals surface area contributed by atoms with Gasteiger partial charge < -0.3 is 0 Å². The highest BCUT2D eigenvalue weighted by Gasteiger charge is 2.20. The third kappa shape index (κ3) is 3.73. The minimum absolute atomic E-state index is 0.0471. The average Bonchev–Trinajstić information content (AvgIpc) is 2.91. The number of carbonyl (C=O) groups is 1. The van der Waals surface area contributed by atoms with Gasteiger partial charge in [-0.1, -0.05) is 26.2 Å². The number of hydrazone groups is 1. The van der Waals surface area contributed by atoms with Crippen LogP contribution in [0.3, 0.4) is 0 Å². The lowest BCUT2D eigenvalue weighted by Crippen LogP contribution is -2.18. The SMILES string of the molecule is C[C@@H]1CCc2sc(C(=O)NN=CC3CCCCC3)cc2C1. The lowest BCUT2D eigenvalue weighted by Gasteiger charge is -2.16. The minimum Gasteiger partial charge on any atom is -0.266 e.